The molecule has 0 aliphatic carbocycles. The lowest BCUT2D eigenvalue weighted by atomic mass is 9.84. The van der Waals surface area contributed by atoms with Crippen molar-refractivity contribution in [2.45, 2.75) is 47.5 Å². The van der Waals surface area contributed by atoms with Crippen LogP contribution in [0.1, 0.15) is 47.5 Å². The molecule has 0 aliphatic heterocycles. The molecule has 0 aliphatic rings. The third-order valence-corrected chi connectivity index (χ3v) is 3.29. The molecule has 0 rings (SSSR count). The number of rotatable bonds is 6. The van der Waals surface area contributed by atoms with E-state index in [1.165, 1.54) is 11.6 Å². The number of unbranched alkanes of at least 4 members (excludes halogenated alkanes) is 1. The van der Waals surface area contributed by atoms with Crippen LogP contribution >= 0.6 is 8.58 Å². The Morgan fingerprint density at radius 2 is 1.89 bits per heavy atom. The van der Waals surface area contributed by atoms with Gasteiger partial charge in [-0.25, -0.2) is 4.39 Å². The van der Waals surface area contributed by atoms with Gasteiger partial charge in [-0.2, -0.15) is 0 Å². The standard InChI is InChI=1S/C17H28FP/c1-7-9-10-15(17(3,4)5)13-14(11-12-19-6)16(18)8-2/h8,10-13,19H,7,9H2,1-6H3/b12-11-,14-13?,15-10?,16-8+. The van der Waals surface area contributed by atoms with E-state index < -0.39 is 0 Å². The molecule has 0 spiro atoms. The maximum absolute atomic E-state index is 13.9. The van der Waals surface area contributed by atoms with Crippen LogP contribution in [0.5, 0.6) is 0 Å². The molecular weight excluding hydrogens is 254 g/mol. The van der Waals surface area contributed by atoms with Gasteiger partial charge in [-0.15, -0.1) is 8.58 Å². The molecular formula is C17H28FP. The van der Waals surface area contributed by atoms with Gasteiger partial charge >= 0.3 is 0 Å². The fraction of sp³-hybridized carbons (Fsp3) is 0.529. The topological polar surface area (TPSA) is 0 Å². The van der Waals surface area contributed by atoms with Crippen LogP contribution in [0.4, 0.5) is 4.39 Å². The highest BCUT2D eigenvalue weighted by Gasteiger charge is 2.15. The molecule has 0 fully saturated rings. The average molecular weight is 282 g/mol. The molecule has 0 amide bonds. The lowest BCUT2D eigenvalue weighted by molar-refractivity contribution is 0.513. The maximum atomic E-state index is 13.9. The normalized spacial score (nSPS) is 16.1. The van der Waals surface area contributed by atoms with Crippen molar-refractivity contribution in [3.8, 4) is 0 Å². The Balaban J connectivity index is 5.52. The Bertz CT molecular complexity index is 379. The summed E-state index contributed by atoms with van der Waals surface area (Å²) in [6.07, 6.45) is 9.77. The van der Waals surface area contributed by atoms with Crippen LogP contribution in [0.25, 0.3) is 0 Å². The number of allylic oxidation sites excluding steroid dienone is 7. The van der Waals surface area contributed by atoms with Crippen molar-refractivity contribution in [2.75, 3.05) is 6.66 Å². The minimum Gasteiger partial charge on any atom is -0.207 e. The summed E-state index contributed by atoms with van der Waals surface area (Å²) in [6, 6.07) is 0. The van der Waals surface area contributed by atoms with Crippen molar-refractivity contribution in [3.63, 3.8) is 0 Å². The zero-order valence-corrected chi connectivity index (χ0v) is 14.2. The van der Waals surface area contributed by atoms with Gasteiger partial charge in [0.1, 0.15) is 5.83 Å². The monoisotopic (exact) mass is 282 g/mol. The molecule has 1 atom stereocenters. The predicted molar refractivity (Wildman–Crippen MR) is 88.8 cm³/mol. The van der Waals surface area contributed by atoms with Crippen LogP contribution in [0.2, 0.25) is 0 Å². The second kappa shape index (κ2) is 9.26. The summed E-state index contributed by atoms with van der Waals surface area (Å²) in [7, 11) is 0.694. The fourth-order valence-electron chi connectivity index (χ4n) is 1.59. The number of halogens is 1. The van der Waals surface area contributed by atoms with Crippen molar-refractivity contribution in [3.05, 3.63) is 47.1 Å². The summed E-state index contributed by atoms with van der Waals surface area (Å²) in [5.74, 6) is 1.87. The van der Waals surface area contributed by atoms with Gasteiger partial charge in [-0.3, -0.25) is 0 Å². The fourth-order valence-corrected chi connectivity index (χ4v) is 1.93. The Morgan fingerprint density at radius 3 is 2.32 bits per heavy atom. The molecule has 0 heterocycles. The minimum absolute atomic E-state index is 0.0385. The summed E-state index contributed by atoms with van der Waals surface area (Å²) in [5.41, 5.74) is 1.91. The van der Waals surface area contributed by atoms with E-state index in [9.17, 15) is 4.39 Å². The second-order valence-corrected chi connectivity index (χ2v) is 6.47. The van der Waals surface area contributed by atoms with Crippen LogP contribution in [-0.4, -0.2) is 6.66 Å². The molecule has 0 aromatic carbocycles. The van der Waals surface area contributed by atoms with E-state index in [1.54, 1.807) is 6.92 Å². The molecule has 0 aromatic heterocycles. The lowest BCUT2D eigenvalue weighted by Crippen LogP contribution is -2.08. The van der Waals surface area contributed by atoms with E-state index in [1.807, 2.05) is 18.0 Å². The Morgan fingerprint density at radius 1 is 1.26 bits per heavy atom. The van der Waals surface area contributed by atoms with E-state index in [0.29, 0.717) is 14.2 Å². The molecule has 2 heteroatoms. The van der Waals surface area contributed by atoms with Gasteiger partial charge in [0, 0.05) is 5.57 Å². The Labute approximate surface area is 120 Å². The SMILES string of the molecule is C/C=C(/F)C(=CC(=CCCC)C(C)(C)C)/C=C\PC. The largest absolute Gasteiger partial charge is 0.207 e. The van der Waals surface area contributed by atoms with Crippen molar-refractivity contribution >= 4 is 8.58 Å². The zero-order valence-electron chi connectivity index (χ0n) is 13.2. The van der Waals surface area contributed by atoms with Gasteiger partial charge in [-0.1, -0.05) is 58.2 Å². The number of hydrogen-bond donors (Lipinski definition) is 0. The van der Waals surface area contributed by atoms with Crippen LogP contribution in [-0.2, 0) is 0 Å². The van der Waals surface area contributed by atoms with E-state index in [4.69, 9.17) is 0 Å². The van der Waals surface area contributed by atoms with Crippen molar-refractivity contribution in [1.82, 2.24) is 0 Å². The third-order valence-electron chi connectivity index (χ3n) is 2.79. The first-order valence-corrected chi connectivity index (χ1v) is 8.52. The lowest BCUT2D eigenvalue weighted by Gasteiger charge is -2.21. The van der Waals surface area contributed by atoms with E-state index in [-0.39, 0.29) is 11.2 Å². The molecule has 0 nitrogen and oxygen atoms in total. The summed E-state index contributed by atoms with van der Waals surface area (Å²) >= 11 is 0. The first-order valence-electron chi connectivity index (χ1n) is 6.95. The van der Waals surface area contributed by atoms with E-state index in [0.717, 1.165) is 12.8 Å². The molecule has 0 bridgehead atoms. The van der Waals surface area contributed by atoms with E-state index >= 15 is 0 Å². The van der Waals surface area contributed by atoms with Crippen molar-refractivity contribution < 1.29 is 4.39 Å². The summed E-state index contributed by atoms with van der Waals surface area (Å²) in [5, 5.41) is 0. The predicted octanol–water partition coefficient (Wildman–Crippen LogP) is 6.38. The summed E-state index contributed by atoms with van der Waals surface area (Å²) < 4.78 is 13.9. The van der Waals surface area contributed by atoms with Crippen LogP contribution in [0, 0.1) is 5.41 Å². The molecule has 0 saturated carbocycles. The molecule has 0 saturated heterocycles. The third kappa shape index (κ3) is 7.47. The molecule has 0 radical (unpaired) electrons. The quantitative estimate of drug-likeness (QED) is 0.391. The maximum Gasteiger partial charge on any atom is 0.126 e. The van der Waals surface area contributed by atoms with Crippen LogP contribution < -0.4 is 0 Å². The summed E-state index contributed by atoms with van der Waals surface area (Å²) in [6.45, 7) is 12.5. The van der Waals surface area contributed by atoms with Crippen molar-refractivity contribution in [2.24, 2.45) is 5.41 Å². The van der Waals surface area contributed by atoms with E-state index in [2.05, 4.69) is 40.4 Å². The van der Waals surface area contributed by atoms with Gasteiger partial charge in [0.2, 0.25) is 0 Å². The van der Waals surface area contributed by atoms with Gasteiger partial charge < -0.3 is 0 Å². The first-order chi connectivity index (χ1) is 8.86. The second-order valence-electron chi connectivity index (χ2n) is 5.56. The van der Waals surface area contributed by atoms with Crippen LogP contribution in [0.15, 0.2) is 47.1 Å². The van der Waals surface area contributed by atoms with Gasteiger partial charge in [-0.05, 0) is 37.1 Å². The summed E-state index contributed by atoms with van der Waals surface area (Å²) in [4.78, 5) is 0. The van der Waals surface area contributed by atoms with Gasteiger partial charge in [0.05, 0.1) is 0 Å². The Hall–Kier alpha value is -0.680. The van der Waals surface area contributed by atoms with Gasteiger partial charge in [0.15, 0.2) is 0 Å². The molecule has 19 heavy (non-hydrogen) atoms. The highest BCUT2D eigenvalue weighted by atomic mass is 31.1. The molecule has 0 N–H and O–H groups in total. The molecule has 1 unspecified atom stereocenters. The smallest absolute Gasteiger partial charge is 0.126 e. The number of hydrogen-bond acceptors (Lipinski definition) is 0. The van der Waals surface area contributed by atoms with Gasteiger partial charge in [0.25, 0.3) is 0 Å². The zero-order chi connectivity index (χ0) is 14.9. The Kier molecular flexibility index (Phi) is 8.93. The van der Waals surface area contributed by atoms with Crippen molar-refractivity contribution in [1.29, 1.82) is 0 Å². The minimum atomic E-state index is -0.152. The average Bonchev–Trinajstić information content (AvgIpc) is 2.35. The highest BCUT2D eigenvalue weighted by molar-refractivity contribution is 7.40. The molecule has 108 valence electrons. The molecule has 0 aromatic rings. The first kappa shape index (κ1) is 18.3. The highest BCUT2D eigenvalue weighted by Crippen LogP contribution is 2.30. The van der Waals surface area contributed by atoms with Crippen LogP contribution in [0.3, 0.4) is 0 Å².